The minimum Gasteiger partial charge on any atom is -0.381 e. The number of nitrogens with one attached hydrogen (secondary N) is 2. The van der Waals surface area contributed by atoms with Gasteiger partial charge in [-0.1, -0.05) is 42.5 Å². The van der Waals surface area contributed by atoms with Crippen molar-refractivity contribution in [2.24, 2.45) is 0 Å². The van der Waals surface area contributed by atoms with Crippen molar-refractivity contribution in [3.8, 4) is 11.1 Å². The topological polar surface area (TPSA) is 70.7 Å². The molecule has 1 aliphatic carbocycles. The molecule has 6 nitrogen and oxygen atoms in total. The van der Waals surface area contributed by atoms with E-state index < -0.39 is 0 Å². The van der Waals surface area contributed by atoms with Gasteiger partial charge in [-0.3, -0.25) is 9.59 Å². The summed E-state index contributed by atoms with van der Waals surface area (Å²) in [4.78, 5) is 27.1. The van der Waals surface area contributed by atoms with E-state index in [1.165, 1.54) is 0 Å². The van der Waals surface area contributed by atoms with Crippen molar-refractivity contribution >= 4 is 23.2 Å². The molecule has 2 aliphatic rings. The molecule has 2 amide bonds. The quantitative estimate of drug-likeness (QED) is 0.448. The number of hydrogen-bond acceptors (Lipinski definition) is 4. The number of carbonyl (C=O) groups excluding carboxylic acids is 2. The van der Waals surface area contributed by atoms with Gasteiger partial charge in [0.05, 0.1) is 6.10 Å². The molecule has 3 aromatic carbocycles. The summed E-state index contributed by atoms with van der Waals surface area (Å²) in [5, 5.41) is 6.76. The maximum absolute atomic E-state index is 13.3. The van der Waals surface area contributed by atoms with Crippen LogP contribution in [0.15, 0.2) is 66.7 Å². The molecule has 192 valence electrons. The number of carbonyl (C=O) groups is 2. The zero-order valence-corrected chi connectivity index (χ0v) is 21.6. The van der Waals surface area contributed by atoms with Crippen LogP contribution < -0.4 is 15.5 Å². The standard InChI is InChI=1S/C31H35N3O3/c1-34-29-19-26(11-8-22(29)10-17-30(34)35)33-31(36)23-9-16-28(21-6-4-3-5-7-21)24(18-23)20-32-25-12-14-27(37-2)15-13-25/h3-9,11,16,18-19,25,27,32H,10,12-15,17,20H2,1-2H3,(H,33,36). The van der Waals surface area contributed by atoms with E-state index in [1.807, 2.05) is 54.6 Å². The molecule has 0 saturated heterocycles. The second-order valence-corrected chi connectivity index (χ2v) is 10.1. The number of ether oxygens (including phenoxy) is 1. The van der Waals surface area contributed by atoms with Crippen LogP contribution in [-0.2, 0) is 22.5 Å². The molecule has 37 heavy (non-hydrogen) atoms. The van der Waals surface area contributed by atoms with Crippen molar-refractivity contribution in [2.75, 3.05) is 24.4 Å². The number of benzene rings is 3. The molecule has 6 heteroatoms. The van der Waals surface area contributed by atoms with Gasteiger partial charge in [0.15, 0.2) is 0 Å². The molecule has 1 aliphatic heterocycles. The molecule has 3 aromatic rings. The number of anilines is 2. The van der Waals surface area contributed by atoms with E-state index in [0.29, 0.717) is 36.4 Å². The third kappa shape index (κ3) is 5.76. The van der Waals surface area contributed by atoms with Gasteiger partial charge in [0.25, 0.3) is 5.91 Å². The molecule has 1 saturated carbocycles. The number of hydrogen-bond donors (Lipinski definition) is 2. The average molecular weight is 498 g/mol. The van der Waals surface area contributed by atoms with Gasteiger partial charge in [-0.25, -0.2) is 0 Å². The minimum absolute atomic E-state index is 0.0975. The molecular weight excluding hydrogens is 462 g/mol. The van der Waals surface area contributed by atoms with E-state index in [9.17, 15) is 9.59 Å². The number of amides is 2. The average Bonchev–Trinajstić information content (AvgIpc) is 2.94. The van der Waals surface area contributed by atoms with Crippen LogP contribution in [0.2, 0.25) is 0 Å². The number of rotatable bonds is 7. The molecule has 0 spiro atoms. The highest BCUT2D eigenvalue weighted by atomic mass is 16.5. The Hall–Kier alpha value is -3.48. The summed E-state index contributed by atoms with van der Waals surface area (Å²) in [6, 6.07) is 22.5. The van der Waals surface area contributed by atoms with Crippen molar-refractivity contribution in [2.45, 2.75) is 57.2 Å². The highest BCUT2D eigenvalue weighted by Crippen LogP contribution is 2.31. The van der Waals surface area contributed by atoms with Crippen LogP contribution in [0.5, 0.6) is 0 Å². The van der Waals surface area contributed by atoms with Crippen molar-refractivity contribution in [3.63, 3.8) is 0 Å². The van der Waals surface area contributed by atoms with Gasteiger partial charge in [-0.15, -0.1) is 0 Å². The van der Waals surface area contributed by atoms with Crippen LogP contribution in [0.4, 0.5) is 11.4 Å². The Morgan fingerprint density at radius 1 is 0.973 bits per heavy atom. The molecule has 1 heterocycles. The van der Waals surface area contributed by atoms with Crippen LogP contribution in [0.3, 0.4) is 0 Å². The zero-order valence-electron chi connectivity index (χ0n) is 21.6. The molecule has 0 atom stereocenters. The zero-order chi connectivity index (χ0) is 25.8. The Balaban J connectivity index is 1.35. The van der Waals surface area contributed by atoms with Crippen LogP contribution in [0.25, 0.3) is 11.1 Å². The number of nitrogens with zero attached hydrogens (tertiary/aromatic N) is 1. The van der Waals surface area contributed by atoms with Crippen molar-refractivity contribution < 1.29 is 14.3 Å². The van der Waals surface area contributed by atoms with Gasteiger partial charge in [0, 0.05) is 50.1 Å². The molecular formula is C31H35N3O3. The highest BCUT2D eigenvalue weighted by molar-refractivity contribution is 6.05. The summed E-state index contributed by atoms with van der Waals surface area (Å²) >= 11 is 0. The first-order valence-corrected chi connectivity index (χ1v) is 13.2. The van der Waals surface area contributed by atoms with Crippen LogP contribution >= 0.6 is 0 Å². The summed E-state index contributed by atoms with van der Waals surface area (Å²) in [6.07, 6.45) is 5.95. The van der Waals surface area contributed by atoms with Gasteiger partial charge in [-0.2, -0.15) is 0 Å². The Morgan fingerprint density at radius 2 is 1.76 bits per heavy atom. The lowest BCUT2D eigenvalue weighted by Gasteiger charge is -2.28. The lowest BCUT2D eigenvalue weighted by molar-refractivity contribution is -0.118. The van der Waals surface area contributed by atoms with E-state index in [4.69, 9.17) is 4.74 Å². The third-order valence-corrected chi connectivity index (χ3v) is 7.73. The highest BCUT2D eigenvalue weighted by Gasteiger charge is 2.22. The molecule has 2 N–H and O–H groups in total. The minimum atomic E-state index is -0.161. The number of fused-ring (bicyclic) bond motifs is 1. The molecule has 0 radical (unpaired) electrons. The monoisotopic (exact) mass is 497 g/mol. The SMILES string of the molecule is COC1CCC(NCc2cc(C(=O)Nc3ccc4c(c3)N(C)C(=O)CC4)ccc2-c2ccccc2)CC1. The van der Waals surface area contributed by atoms with Crippen LogP contribution in [0, 0.1) is 0 Å². The van der Waals surface area contributed by atoms with E-state index >= 15 is 0 Å². The van der Waals surface area contributed by atoms with Crippen molar-refractivity contribution in [3.05, 3.63) is 83.4 Å². The van der Waals surface area contributed by atoms with E-state index in [1.54, 1.807) is 19.1 Å². The number of methoxy groups -OCH3 is 1. The predicted molar refractivity (Wildman–Crippen MR) is 148 cm³/mol. The predicted octanol–water partition coefficient (Wildman–Crippen LogP) is 5.56. The van der Waals surface area contributed by atoms with Crippen LogP contribution in [0.1, 0.15) is 53.6 Å². The summed E-state index contributed by atoms with van der Waals surface area (Å²) in [5.41, 5.74) is 6.65. The van der Waals surface area contributed by atoms with Crippen molar-refractivity contribution in [1.29, 1.82) is 0 Å². The Labute approximate surface area is 219 Å². The Morgan fingerprint density at radius 3 is 2.51 bits per heavy atom. The van der Waals surface area contributed by atoms with Gasteiger partial charge in [0.1, 0.15) is 0 Å². The summed E-state index contributed by atoms with van der Waals surface area (Å²) in [7, 11) is 3.58. The maximum atomic E-state index is 13.3. The Kier molecular flexibility index (Phi) is 7.68. The fraction of sp³-hybridized carbons (Fsp3) is 0.355. The van der Waals surface area contributed by atoms with E-state index in [2.05, 4.69) is 22.8 Å². The van der Waals surface area contributed by atoms with Crippen LogP contribution in [-0.4, -0.2) is 38.1 Å². The molecule has 5 rings (SSSR count). The van der Waals surface area contributed by atoms with Gasteiger partial charge in [0.2, 0.25) is 5.91 Å². The Bertz CT molecular complexity index is 1270. The lowest BCUT2D eigenvalue weighted by Crippen LogP contribution is -2.34. The lowest BCUT2D eigenvalue weighted by atomic mass is 9.92. The van der Waals surface area contributed by atoms with Gasteiger partial charge < -0.3 is 20.3 Å². The van der Waals surface area contributed by atoms with Gasteiger partial charge in [-0.05, 0) is 78.6 Å². The maximum Gasteiger partial charge on any atom is 0.255 e. The fourth-order valence-corrected chi connectivity index (χ4v) is 5.45. The first-order chi connectivity index (χ1) is 18.0. The molecule has 1 fully saturated rings. The van der Waals surface area contributed by atoms with Crippen molar-refractivity contribution in [1.82, 2.24) is 5.32 Å². The van der Waals surface area contributed by atoms with E-state index in [0.717, 1.165) is 60.0 Å². The smallest absolute Gasteiger partial charge is 0.255 e. The third-order valence-electron chi connectivity index (χ3n) is 7.73. The second-order valence-electron chi connectivity index (χ2n) is 10.1. The first kappa shape index (κ1) is 25.2. The molecule has 0 unspecified atom stereocenters. The summed E-state index contributed by atoms with van der Waals surface area (Å²) in [6.45, 7) is 0.694. The fourth-order valence-electron chi connectivity index (χ4n) is 5.45. The van der Waals surface area contributed by atoms with E-state index in [-0.39, 0.29) is 11.8 Å². The summed E-state index contributed by atoms with van der Waals surface area (Å²) in [5.74, 6) is -0.0634. The number of aryl methyl sites for hydroxylation is 1. The molecule has 0 aromatic heterocycles. The largest absolute Gasteiger partial charge is 0.381 e. The second kappa shape index (κ2) is 11.3. The van der Waals surface area contributed by atoms with Gasteiger partial charge >= 0.3 is 0 Å². The summed E-state index contributed by atoms with van der Waals surface area (Å²) < 4.78 is 5.52. The molecule has 0 bridgehead atoms. The normalized spacial score (nSPS) is 19.4. The first-order valence-electron chi connectivity index (χ1n) is 13.2.